The van der Waals surface area contributed by atoms with Gasteiger partial charge < -0.3 is 20.4 Å². The second-order valence-electron chi connectivity index (χ2n) is 8.66. The summed E-state index contributed by atoms with van der Waals surface area (Å²) in [7, 11) is 0. The number of amides is 1. The molecule has 1 amide bonds. The minimum Gasteiger partial charge on any atom is -0.480 e. The number of carbonyl (C=O) groups is 3. The van der Waals surface area contributed by atoms with E-state index < -0.39 is 30.1 Å². The molecule has 1 fully saturated rings. The van der Waals surface area contributed by atoms with Crippen LogP contribution in [-0.4, -0.2) is 74.1 Å². The van der Waals surface area contributed by atoms with Crippen molar-refractivity contribution >= 4 is 23.8 Å². The minimum absolute atomic E-state index is 0.318. The van der Waals surface area contributed by atoms with Gasteiger partial charge in [-0.1, -0.05) is 30.3 Å². The van der Waals surface area contributed by atoms with Crippen molar-refractivity contribution in [2.24, 2.45) is 0 Å². The minimum atomic E-state index is -1.03. The van der Waals surface area contributed by atoms with Crippen LogP contribution in [0.15, 0.2) is 48.8 Å². The predicted molar refractivity (Wildman–Crippen MR) is 130 cm³/mol. The van der Waals surface area contributed by atoms with E-state index in [1.165, 1.54) is 4.90 Å². The lowest BCUT2D eigenvalue weighted by Crippen LogP contribution is -2.54. The SMILES string of the molecule is O=C(O)[C@H](CCc1ccccc1)N[C@@H](CCCCNc1ncccn1)C(=O)N1CCC[C@H]1C(=O)O. The van der Waals surface area contributed by atoms with Crippen LogP contribution in [0.2, 0.25) is 0 Å². The number of aryl methyl sites for hydroxylation is 1. The van der Waals surface area contributed by atoms with Gasteiger partial charge in [-0.3, -0.25) is 14.9 Å². The molecule has 1 saturated heterocycles. The van der Waals surface area contributed by atoms with E-state index in [-0.39, 0.29) is 5.91 Å². The van der Waals surface area contributed by atoms with E-state index in [2.05, 4.69) is 20.6 Å². The number of hydrogen-bond donors (Lipinski definition) is 4. The van der Waals surface area contributed by atoms with Gasteiger partial charge in [0.25, 0.3) is 0 Å². The van der Waals surface area contributed by atoms with E-state index in [4.69, 9.17) is 0 Å². The average Bonchev–Trinajstić information content (AvgIpc) is 3.36. The Morgan fingerprint density at radius 2 is 1.74 bits per heavy atom. The molecule has 3 atom stereocenters. The molecule has 0 radical (unpaired) electrons. The molecule has 0 unspecified atom stereocenters. The van der Waals surface area contributed by atoms with Crippen molar-refractivity contribution < 1.29 is 24.6 Å². The summed E-state index contributed by atoms with van der Waals surface area (Å²) in [5, 5.41) is 25.5. The lowest BCUT2D eigenvalue weighted by molar-refractivity contribution is -0.149. The summed E-state index contributed by atoms with van der Waals surface area (Å²) < 4.78 is 0. The molecule has 3 rings (SSSR count). The fraction of sp³-hybridized carbons (Fsp3) is 0.480. The number of carbonyl (C=O) groups excluding carboxylic acids is 1. The summed E-state index contributed by atoms with van der Waals surface area (Å²) in [5.41, 5.74) is 1.02. The zero-order chi connectivity index (χ0) is 25.0. The lowest BCUT2D eigenvalue weighted by atomic mass is 10.0. The van der Waals surface area contributed by atoms with E-state index in [0.717, 1.165) is 5.56 Å². The van der Waals surface area contributed by atoms with Gasteiger partial charge in [-0.25, -0.2) is 14.8 Å². The van der Waals surface area contributed by atoms with Crippen LogP contribution in [0.3, 0.4) is 0 Å². The summed E-state index contributed by atoms with van der Waals surface area (Å²) in [6.07, 6.45) is 6.93. The quantitative estimate of drug-likeness (QED) is 0.297. The standard InChI is InChI=1S/C25H33N5O5/c31-22(30-17-6-11-21(30)24(34)35)19(10-4-5-14-26-25-27-15-7-16-28-25)29-20(23(32)33)13-12-18-8-2-1-3-9-18/h1-3,7-9,15-16,19-21,29H,4-6,10-14,17H2,(H,32,33)(H,34,35)(H,26,27,28)/t19-,20-,21-/m0/s1. The smallest absolute Gasteiger partial charge is 0.326 e. The van der Waals surface area contributed by atoms with Crippen LogP contribution >= 0.6 is 0 Å². The first kappa shape index (κ1) is 26.1. The van der Waals surface area contributed by atoms with Crippen molar-refractivity contribution in [3.05, 3.63) is 54.4 Å². The van der Waals surface area contributed by atoms with E-state index >= 15 is 0 Å². The molecule has 2 heterocycles. The monoisotopic (exact) mass is 483 g/mol. The molecule has 0 spiro atoms. The number of anilines is 1. The molecule has 4 N–H and O–H groups in total. The first-order chi connectivity index (χ1) is 17.0. The molecule has 10 heteroatoms. The number of nitrogens with zero attached hydrogens (tertiary/aromatic N) is 3. The van der Waals surface area contributed by atoms with Crippen LogP contribution in [0.4, 0.5) is 5.95 Å². The Labute approximate surface area is 204 Å². The predicted octanol–water partition coefficient (Wildman–Crippen LogP) is 2.18. The Morgan fingerprint density at radius 1 is 1.00 bits per heavy atom. The van der Waals surface area contributed by atoms with Gasteiger partial charge in [0.15, 0.2) is 0 Å². The Kier molecular flexibility index (Phi) is 9.97. The molecule has 10 nitrogen and oxygen atoms in total. The van der Waals surface area contributed by atoms with Gasteiger partial charge in [0.05, 0.1) is 6.04 Å². The number of benzene rings is 1. The second-order valence-corrected chi connectivity index (χ2v) is 8.66. The van der Waals surface area contributed by atoms with Crippen molar-refractivity contribution in [1.29, 1.82) is 0 Å². The molecule has 0 aliphatic carbocycles. The largest absolute Gasteiger partial charge is 0.480 e. The number of aliphatic carboxylic acids is 2. The highest BCUT2D eigenvalue weighted by Gasteiger charge is 2.38. The van der Waals surface area contributed by atoms with Crippen LogP contribution in [0, 0.1) is 0 Å². The average molecular weight is 484 g/mol. The summed E-state index contributed by atoms with van der Waals surface area (Å²) in [5.74, 6) is -1.88. The summed E-state index contributed by atoms with van der Waals surface area (Å²) in [4.78, 5) is 46.6. The fourth-order valence-electron chi connectivity index (χ4n) is 4.31. The highest BCUT2D eigenvalue weighted by Crippen LogP contribution is 2.20. The van der Waals surface area contributed by atoms with Crippen molar-refractivity contribution in [2.45, 2.75) is 63.1 Å². The molecule has 1 aromatic heterocycles. The van der Waals surface area contributed by atoms with Gasteiger partial charge in [-0.15, -0.1) is 0 Å². The molecule has 1 aliphatic rings. The number of hydrogen-bond acceptors (Lipinski definition) is 7. The Balaban J connectivity index is 1.62. The molecular formula is C25H33N5O5. The normalized spacial score (nSPS) is 17.0. The molecule has 35 heavy (non-hydrogen) atoms. The highest BCUT2D eigenvalue weighted by molar-refractivity contribution is 5.88. The Hall–Kier alpha value is -3.53. The van der Waals surface area contributed by atoms with Gasteiger partial charge in [-0.05, 0) is 56.6 Å². The zero-order valence-electron chi connectivity index (χ0n) is 19.7. The first-order valence-corrected chi connectivity index (χ1v) is 12.0. The van der Waals surface area contributed by atoms with Crippen LogP contribution in [-0.2, 0) is 20.8 Å². The topological polar surface area (TPSA) is 145 Å². The van der Waals surface area contributed by atoms with Gasteiger partial charge >= 0.3 is 11.9 Å². The first-order valence-electron chi connectivity index (χ1n) is 12.0. The van der Waals surface area contributed by atoms with Gasteiger partial charge in [0.1, 0.15) is 12.1 Å². The van der Waals surface area contributed by atoms with Crippen molar-refractivity contribution in [3.8, 4) is 0 Å². The Morgan fingerprint density at radius 3 is 2.43 bits per heavy atom. The van der Waals surface area contributed by atoms with Crippen LogP contribution in [0.1, 0.15) is 44.1 Å². The third-order valence-corrected chi connectivity index (χ3v) is 6.15. The highest BCUT2D eigenvalue weighted by atomic mass is 16.4. The molecule has 1 aliphatic heterocycles. The number of unbranched alkanes of at least 4 members (excludes halogenated alkanes) is 1. The van der Waals surface area contributed by atoms with E-state index in [1.54, 1.807) is 18.5 Å². The number of rotatable bonds is 14. The molecule has 0 saturated carbocycles. The maximum absolute atomic E-state index is 13.3. The number of aromatic nitrogens is 2. The van der Waals surface area contributed by atoms with Crippen molar-refractivity contribution in [3.63, 3.8) is 0 Å². The third kappa shape index (κ3) is 8.03. The third-order valence-electron chi connectivity index (χ3n) is 6.15. The van der Waals surface area contributed by atoms with Gasteiger partial charge in [0, 0.05) is 25.5 Å². The van der Waals surface area contributed by atoms with E-state index in [9.17, 15) is 24.6 Å². The lowest BCUT2D eigenvalue weighted by Gasteiger charge is -2.29. The number of likely N-dealkylation sites (tertiary alicyclic amines) is 1. The molecule has 1 aromatic carbocycles. The zero-order valence-corrected chi connectivity index (χ0v) is 19.7. The maximum atomic E-state index is 13.3. The van der Waals surface area contributed by atoms with Gasteiger partial charge in [-0.2, -0.15) is 0 Å². The summed E-state index contributed by atoms with van der Waals surface area (Å²) >= 11 is 0. The summed E-state index contributed by atoms with van der Waals surface area (Å²) in [6.45, 7) is 0.964. The molecular weight excluding hydrogens is 450 g/mol. The van der Waals surface area contributed by atoms with Crippen LogP contribution in [0.25, 0.3) is 0 Å². The van der Waals surface area contributed by atoms with Crippen molar-refractivity contribution in [2.75, 3.05) is 18.4 Å². The molecule has 2 aromatic rings. The summed E-state index contributed by atoms with van der Waals surface area (Å²) in [6, 6.07) is 8.74. The maximum Gasteiger partial charge on any atom is 0.326 e. The number of carboxylic acids is 2. The number of nitrogens with one attached hydrogen (secondary N) is 2. The van der Waals surface area contributed by atoms with Gasteiger partial charge in [0.2, 0.25) is 11.9 Å². The van der Waals surface area contributed by atoms with E-state index in [0.29, 0.717) is 64.0 Å². The van der Waals surface area contributed by atoms with E-state index in [1.807, 2.05) is 30.3 Å². The second kappa shape index (κ2) is 13.4. The fourth-order valence-corrected chi connectivity index (χ4v) is 4.31. The van der Waals surface area contributed by atoms with Crippen LogP contribution < -0.4 is 10.6 Å². The Bertz CT molecular complexity index is 959. The van der Waals surface area contributed by atoms with Crippen molar-refractivity contribution in [1.82, 2.24) is 20.2 Å². The number of carboxylic acid groups (broad SMARTS) is 2. The molecule has 0 bridgehead atoms. The van der Waals surface area contributed by atoms with Crippen LogP contribution in [0.5, 0.6) is 0 Å². The molecule has 188 valence electrons.